The second-order valence-corrected chi connectivity index (χ2v) is 10.2. The van der Waals surface area contributed by atoms with Crippen molar-refractivity contribution in [2.45, 2.75) is 147 Å². The number of aliphatic hydroxyl groups is 1. The topological polar surface area (TPSA) is 74.6 Å². The highest BCUT2D eigenvalue weighted by molar-refractivity contribution is 7.86. The molecule has 0 bridgehead atoms. The Bertz CT molecular complexity index is 422. The lowest BCUT2D eigenvalue weighted by molar-refractivity contribution is 0.148. The lowest BCUT2D eigenvalue weighted by Crippen LogP contribution is -2.19. The van der Waals surface area contributed by atoms with Crippen molar-refractivity contribution in [3.63, 3.8) is 0 Å². The van der Waals surface area contributed by atoms with Gasteiger partial charge < -0.3 is 5.11 Å². The van der Waals surface area contributed by atoms with Crippen molar-refractivity contribution in [2.24, 2.45) is 0 Å². The summed E-state index contributed by atoms with van der Waals surface area (Å²) in [5, 5.41) is 9.23. The number of aliphatic hydroxyl groups excluding tert-OH is 1. The number of hydrogen-bond donors (Lipinski definition) is 2. The zero-order chi connectivity index (χ0) is 21.1. The molecular formula is C23H48O4S. The summed E-state index contributed by atoms with van der Waals surface area (Å²) in [5.74, 6) is 0. The molecule has 0 aliphatic heterocycles. The van der Waals surface area contributed by atoms with E-state index in [1.165, 1.54) is 77.0 Å². The third-order valence-electron chi connectivity index (χ3n) is 5.83. The number of unbranched alkanes of at least 4 members (excludes halogenated alkanes) is 13. The van der Waals surface area contributed by atoms with Gasteiger partial charge in [0.1, 0.15) is 0 Å². The van der Waals surface area contributed by atoms with Crippen molar-refractivity contribution < 1.29 is 18.1 Å². The lowest BCUT2D eigenvalue weighted by Gasteiger charge is -2.10. The summed E-state index contributed by atoms with van der Waals surface area (Å²) in [5.41, 5.74) is 0. The van der Waals surface area contributed by atoms with Crippen LogP contribution in [0.1, 0.15) is 136 Å². The lowest BCUT2D eigenvalue weighted by atomic mass is 10.0. The third kappa shape index (κ3) is 17.9. The zero-order valence-electron chi connectivity index (χ0n) is 18.7. The van der Waals surface area contributed by atoms with Crippen molar-refractivity contribution >= 4 is 10.1 Å². The maximum absolute atomic E-state index is 11.1. The predicted molar refractivity (Wildman–Crippen MR) is 120 cm³/mol. The van der Waals surface area contributed by atoms with Crippen LogP contribution in [-0.4, -0.2) is 29.4 Å². The molecule has 170 valence electrons. The van der Waals surface area contributed by atoms with Crippen LogP contribution in [0.4, 0.5) is 0 Å². The average Bonchev–Trinajstić information content (AvgIpc) is 2.65. The minimum absolute atomic E-state index is 0.0734. The first kappa shape index (κ1) is 27.9. The van der Waals surface area contributed by atoms with E-state index in [0.29, 0.717) is 12.8 Å². The van der Waals surface area contributed by atoms with E-state index in [0.717, 1.165) is 32.1 Å². The molecule has 0 rings (SSSR count). The highest BCUT2D eigenvalue weighted by atomic mass is 32.2. The van der Waals surface area contributed by atoms with Gasteiger partial charge >= 0.3 is 0 Å². The standard InChI is InChI=1S/C23H48O4S/c1-3-5-19-22(24)20-17-15-13-11-9-7-6-8-10-12-14-16-18-21-23(4-2)28(25,26)27/h22-24H,3-21H2,1-2H3,(H,25,26,27). The summed E-state index contributed by atoms with van der Waals surface area (Å²) >= 11 is 0. The second-order valence-electron chi connectivity index (χ2n) is 8.51. The van der Waals surface area contributed by atoms with Gasteiger partial charge in [-0.2, -0.15) is 8.42 Å². The molecule has 0 aromatic carbocycles. The van der Waals surface area contributed by atoms with E-state index in [-0.39, 0.29) is 6.10 Å². The van der Waals surface area contributed by atoms with Crippen molar-refractivity contribution in [2.75, 3.05) is 0 Å². The minimum atomic E-state index is -3.85. The molecule has 5 heteroatoms. The second kappa shape index (κ2) is 18.9. The van der Waals surface area contributed by atoms with Gasteiger partial charge in [0.25, 0.3) is 10.1 Å². The fourth-order valence-corrected chi connectivity index (χ4v) is 4.73. The van der Waals surface area contributed by atoms with Crippen LogP contribution in [0.25, 0.3) is 0 Å². The normalized spacial score (nSPS) is 14.3. The Morgan fingerprint density at radius 1 is 0.607 bits per heavy atom. The van der Waals surface area contributed by atoms with Crippen molar-refractivity contribution in [1.29, 1.82) is 0 Å². The molecule has 4 nitrogen and oxygen atoms in total. The van der Waals surface area contributed by atoms with E-state index in [1.807, 2.05) is 6.92 Å². The molecule has 0 aliphatic carbocycles. The van der Waals surface area contributed by atoms with Gasteiger partial charge in [-0.05, 0) is 25.7 Å². The van der Waals surface area contributed by atoms with Crippen LogP contribution in [0.5, 0.6) is 0 Å². The molecule has 0 radical (unpaired) electrons. The number of hydrogen-bond acceptors (Lipinski definition) is 3. The van der Waals surface area contributed by atoms with Gasteiger partial charge in [0, 0.05) is 0 Å². The van der Waals surface area contributed by atoms with Gasteiger partial charge in [-0.1, -0.05) is 110 Å². The molecule has 0 aliphatic rings. The predicted octanol–water partition coefficient (Wildman–Crippen LogP) is 7.06. The first-order chi connectivity index (χ1) is 13.4. The SMILES string of the molecule is CCCCC(O)CCCCCCCCCCCCCCCC(CC)S(=O)(=O)O. The number of rotatable bonds is 21. The zero-order valence-corrected chi connectivity index (χ0v) is 19.5. The van der Waals surface area contributed by atoms with Crippen LogP contribution in [0.15, 0.2) is 0 Å². The van der Waals surface area contributed by atoms with Crippen molar-refractivity contribution in [1.82, 2.24) is 0 Å². The molecule has 0 spiro atoms. The largest absolute Gasteiger partial charge is 0.393 e. The van der Waals surface area contributed by atoms with E-state index in [9.17, 15) is 13.5 Å². The molecule has 2 unspecified atom stereocenters. The average molecular weight is 421 g/mol. The maximum Gasteiger partial charge on any atom is 0.267 e. The molecule has 0 heterocycles. The van der Waals surface area contributed by atoms with Crippen LogP contribution in [0.2, 0.25) is 0 Å². The van der Waals surface area contributed by atoms with E-state index >= 15 is 0 Å². The third-order valence-corrected chi connectivity index (χ3v) is 7.24. The summed E-state index contributed by atoms with van der Waals surface area (Å²) in [7, 11) is -3.85. The molecule has 2 atom stereocenters. The Kier molecular flexibility index (Phi) is 18.8. The minimum Gasteiger partial charge on any atom is -0.393 e. The molecule has 0 saturated carbocycles. The summed E-state index contributed by atoms with van der Waals surface area (Å²) in [6.45, 7) is 3.99. The van der Waals surface area contributed by atoms with E-state index in [2.05, 4.69) is 6.92 Å². The Morgan fingerprint density at radius 3 is 1.32 bits per heavy atom. The van der Waals surface area contributed by atoms with Crippen LogP contribution in [0.3, 0.4) is 0 Å². The quantitative estimate of drug-likeness (QED) is 0.154. The van der Waals surface area contributed by atoms with Gasteiger partial charge in [0.05, 0.1) is 11.4 Å². The van der Waals surface area contributed by atoms with E-state index in [1.54, 1.807) is 0 Å². The van der Waals surface area contributed by atoms with Gasteiger partial charge in [-0.15, -0.1) is 0 Å². The van der Waals surface area contributed by atoms with Gasteiger partial charge in [0.2, 0.25) is 0 Å². The molecular weight excluding hydrogens is 372 g/mol. The molecule has 0 saturated heterocycles. The van der Waals surface area contributed by atoms with Crippen molar-refractivity contribution in [3.8, 4) is 0 Å². The van der Waals surface area contributed by atoms with E-state index in [4.69, 9.17) is 4.55 Å². The van der Waals surface area contributed by atoms with Crippen LogP contribution in [-0.2, 0) is 10.1 Å². The monoisotopic (exact) mass is 420 g/mol. The highest BCUT2D eigenvalue weighted by Gasteiger charge is 2.19. The van der Waals surface area contributed by atoms with Crippen LogP contribution in [0, 0.1) is 0 Å². The van der Waals surface area contributed by atoms with Crippen molar-refractivity contribution in [3.05, 3.63) is 0 Å². The van der Waals surface area contributed by atoms with Crippen LogP contribution < -0.4 is 0 Å². The molecule has 0 amide bonds. The Balaban J connectivity index is 3.26. The first-order valence-corrected chi connectivity index (χ1v) is 13.6. The summed E-state index contributed by atoms with van der Waals surface area (Å²) in [4.78, 5) is 0. The van der Waals surface area contributed by atoms with Gasteiger partial charge in [-0.25, -0.2) is 0 Å². The maximum atomic E-state index is 11.1. The van der Waals surface area contributed by atoms with Crippen LogP contribution >= 0.6 is 0 Å². The first-order valence-electron chi connectivity index (χ1n) is 12.1. The molecule has 0 fully saturated rings. The molecule has 0 aromatic heterocycles. The molecule has 2 N–H and O–H groups in total. The summed E-state index contributed by atoms with van der Waals surface area (Å²) in [6.07, 6.45) is 21.3. The fraction of sp³-hybridized carbons (Fsp3) is 1.00. The Hall–Kier alpha value is -0.130. The van der Waals surface area contributed by atoms with Gasteiger partial charge in [-0.3, -0.25) is 4.55 Å². The fourth-order valence-electron chi connectivity index (χ4n) is 3.84. The Labute approximate surface area is 175 Å². The summed E-state index contributed by atoms with van der Waals surface area (Å²) in [6, 6.07) is 0. The van der Waals surface area contributed by atoms with Gasteiger partial charge in [0.15, 0.2) is 0 Å². The van der Waals surface area contributed by atoms with E-state index < -0.39 is 15.4 Å². The smallest absolute Gasteiger partial charge is 0.267 e. The highest BCUT2D eigenvalue weighted by Crippen LogP contribution is 2.17. The molecule has 28 heavy (non-hydrogen) atoms. The molecule has 0 aromatic rings. The Morgan fingerprint density at radius 2 is 0.964 bits per heavy atom. The summed E-state index contributed by atoms with van der Waals surface area (Å²) < 4.78 is 31.4.